The standard InChI is InChI=1S/C8H15N3/c1-6(2)7(3)11-5-8(10)4-9/h4-6H,3,9-10H2,1-2H3/b8-4+,11-5?. The van der Waals surface area contributed by atoms with Gasteiger partial charge in [-0.2, -0.15) is 0 Å². The molecule has 0 radical (unpaired) electrons. The molecule has 3 nitrogen and oxygen atoms in total. The second kappa shape index (κ2) is 4.55. The minimum Gasteiger partial charge on any atom is -0.403 e. The molecule has 0 saturated heterocycles. The van der Waals surface area contributed by atoms with Crippen LogP contribution in [0, 0.1) is 5.92 Å². The van der Waals surface area contributed by atoms with Gasteiger partial charge in [0.05, 0.1) is 11.9 Å². The summed E-state index contributed by atoms with van der Waals surface area (Å²) in [6, 6.07) is 0. The molecule has 11 heavy (non-hydrogen) atoms. The Balaban J connectivity index is 4.04. The van der Waals surface area contributed by atoms with Crippen molar-refractivity contribution in [2.24, 2.45) is 22.4 Å². The summed E-state index contributed by atoms with van der Waals surface area (Å²) in [5.74, 6) is 0.344. The van der Waals surface area contributed by atoms with Crippen LogP contribution in [0.1, 0.15) is 13.8 Å². The van der Waals surface area contributed by atoms with Crippen LogP contribution in [0.25, 0.3) is 0 Å². The van der Waals surface area contributed by atoms with E-state index in [0.29, 0.717) is 11.6 Å². The third-order valence-corrected chi connectivity index (χ3v) is 1.24. The third-order valence-electron chi connectivity index (χ3n) is 1.24. The van der Waals surface area contributed by atoms with Crippen LogP contribution in [-0.2, 0) is 0 Å². The van der Waals surface area contributed by atoms with Gasteiger partial charge < -0.3 is 11.5 Å². The molecule has 0 spiro atoms. The van der Waals surface area contributed by atoms with Gasteiger partial charge in [0.2, 0.25) is 0 Å². The summed E-state index contributed by atoms with van der Waals surface area (Å²) in [6.45, 7) is 7.77. The molecular weight excluding hydrogens is 138 g/mol. The Hall–Kier alpha value is -1.25. The molecule has 0 amide bonds. The van der Waals surface area contributed by atoms with Crippen LogP contribution in [0.4, 0.5) is 0 Å². The maximum atomic E-state index is 5.37. The van der Waals surface area contributed by atoms with E-state index in [1.807, 2.05) is 13.8 Å². The summed E-state index contributed by atoms with van der Waals surface area (Å²) >= 11 is 0. The second-order valence-electron chi connectivity index (χ2n) is 2.57. The fraction of sp³-hybridized carbons (Fsp3) is 0.375. The molecule has 0 aromatic carbocycles. The number of nitrogens with two attached hydrogens (primary N) is 2. The Bertz CT molecular complexity index is 190. The molecule has 0 aromatic heterocycles. The van der Waals surface area contributed by atoms with E-state index < -0.39 is 0 Å². The molecule has 0 aromatic rings. The Morgan fingerprint density at radius 1 is 1.55 bits per heavy atom. The molecule has 0 fully saturated rings. The second-order valence-corrected chi connectivity index (χ2v) is 2.57. The lowest BCUT2D eigenvalue weighted by atomic mass is 10.2. The zero-order valence-electron chi connectivity index (χ0n) is 7.04. The minimum absolute atomic E-state index is 0.344. The Kier molecular flexibility index (Phi) is 4.03. The van der Waals surface area contributed by atoms with Crippen molar-refractivity contribution in [3.05, 3.63) is 24.2 Å². The number of hydrogen-bond acceptors (Lipinski definition) is 3. The van der Waals surface area contributed by atoms with E-state index in [-0.39, 0.29) is 0 Å². The largest absolute Gasteiger partial charge is 0.403 e. The summed E-state index contributed by atoms with van der Waals surface area (Å²) in [4.78, 5) is 4.00. The summed E-state index contributed by atoms with van der Waals surface area (Å²) < 4.78 is 0. The summed E-state index contributed by atoms with van der Waals surface area (Å²) in [7, 11) is 0. The van der Waals surface area contributed by atoms with Gasteiger partial charge in [0.1, 0.15) is 0 Å². The van der Waals surface area contributed by atoms with Crippen molar-refractivity contribution in [2.45, 2.75) is 13.8 Å². The summed E-state index contributed by atoms with van der Waals surface area (Å²) in [5.41, 5.74) is 11.7. The van der Waals surface area contributed by atoms with E-state index in [0.717, 1.165) is 5.70 Å². The van der Waals surface area contributed by atoms with E-state index in [2.05, 4.69) is 11.6 Å². The number of aliphatic imine (C=N–C) groups is 1. The quantitative estimate of drug-likeness (QED) is 0.594. The molecule has 0 heterocycles. The van der Waals surface area contributed by atoms with Crippen molar-refractivity contribution in [3.63, 3.8) is 0 Å². The monoisotopic (exact) mass is 153 g/mol. The Labute approximate surface area is 67.5 Å². The average molecular weight is 153 g/mol. The molecule has 3 heteroatoms. The highest BCUT2D eigenvalue weighted by Gasteiger charge is 1.94. The fourth-order valence-electron chi connectivity index (χ4n) is 0.350. The molecule has 4 N–H and O–H groups in total. The minimum atomic E-state index is 0.344. The number of nitrogens with zero attached hydrogens (tertiary/aromatic N) is 1. The molecule has 0 saturated carbocycles. The maximum Gasteiger partial charge on any atom is 0.0657 e. The Morgan fingerprint density at radius 2 is 2.09 bits per heavy atom. The van der Waals surface area contributed by atoms with E-state index in [1.54, 1.807) is 0 Å². The van der Waals surface area contributed by atoms with Gasteiger partial charge in [-0.05, 0) is 5.92 Å². The molecule has 0 atom stereocenters. The van der Waals surface area contributed by atoms with Gasteiger partial charge in [0, 0.05) is 11.9 Å². The van der Waals surface area contributed by atoms with Gasteiger partial charge >= 0.3 is 0 Å². The number of rotatable bonds is 3. The zero-order valence-corrected chi connectivity index (χ0v) is 7.04. The van der Waals surface area contributed by atoms with Crippen LogP contribution in [0.15, 0.2) is 29.2 Å². The molecule has 0 aliphatic heterocycles. The SMILES string of the molecule is C=C(N=C/C(N)=C\N)C(C)C. The highest BCUT2D eigenvalue weighted by Crippen LogP contribution is 2.06. The van der Waals surface area contributed by atoms with Crippen molar-refractivity contribution in [3.8, 4) is 0 Å². The highest BCUT2D eigenvalue weighted by molar-refractivity contribution is 5.77. The van der Waals surface area contributed by atoms with E-state index in [9.17, 15) is 0 Å². The number of hydrogen-bond donors (Lipinski definition) is 2. The first kappa shape index (κ1) is 9.75. The van der Waals surface area contributed by atoms with Crippen LogP contribution in [0.5, 0.6) is 0 Å². The fourth-order valence-corrected chi connectivity index (χ4v) is 0.350. The molecule has 0 rings (SSSR count). The highest BCUT2D eigenvalue weighted by atomic mass is 14.8. The van der Waals surface area contributed by atoms with E-state index in [4.69, 9.17) is 11.5 Å². The average Bonchev–Trinajstić information content (AvgIpc) is 1.99. The molecule has 0 aliphatic carbocycles. The van der Waals surface area contributed by atoms with Crippen LogP contribution >= 0.6 is 0 Å². The Morgan fingerprint density at radius 3 is 2.45 bits per heavy atom. The van der Waals surface area contributed by atoms with Crippen LogP contribution in [0.2, 0.25) is 0 Å². The van der Waals surface area contributed by atoms with Crippen LogP contribution in [0.3, 0.4) is 0 Å². The van der Waals surface area contributed by atoms with Gasteiger partial charge in [-0.25, -0.2) is 0 Å². The molecule has 0 aliphatic rings. The van der Waals surface area contributed by atoms with E-state index >= 15 is 0 Å². The first-order chi connectivity index (χ1) is 5.07. The van der Waals surface area contributed by atoms with Gasteiger partial charge in [-0.1, -0.05) is 20.4 Å². The summed E-state index contributed by atoms with van der Waals surface area (Å²) in [6.07, 6.45) is 2.80. The molecule has 62 valence electrons. The lowest BCUT2D eigenvalue weighted by Crippen LogP contribution is -2.02. The number of allylic oxidation sites excluding steroid dienone is 2. The third kappa shape index (κ3) is 4.19. The predicted octanol–water partition coefficient (Wildman–Crippen LogP) is 0.986. The lowest BCUT2D eigenvalue weighted by molar-refractivity contribution is 0.763. The normalized spacial score (nSPS) is 12.8. The maximum absolute atomic E-state index is 5.37. The smallest absolute Gasteiger partial charge is 0.0657 e. The van der Waals surface area contributed by atoms with E-state index in [1.165, 1.54) is 12.4 Å². The molecule has 0 unspecified atom stereocenters. The van der Waals surface area contributed by atoms with Gasteiger partial charge in [0.15, 0.2) is 0 Å². The first-order valence-corrected chi connectivity index (χ1v) is 3.48. The van der Waals surface area contributed by atoms with Crippen molar-refractivity contribution >= 4 is 6.21 Å². The van der Waals surface area contributed by atoms with Crippen LogP contribution < -0.4 is 11.5 Å². The summed E-state index contributed by atoms with van der Waals surface area (Å²) in [5, 5.41) is 0. The van der Waals surface area contributed by atoms with Crippen molar-refractivity contribution < 1.29 is 0 Å². The van der Waals surface area contributed by atoms with Crippen molar-refractivity contribution in [1.29, 1.82) is 0 Å². The van der Waals surface area contributed by atoms with Gasteiger partial charge in [-0.15, -0.1) is 0 Å². The van der Waals surface area contributed by atoms with Gasteiger partial charge in [-0.3, -0.25) is 4.99 Å². The topological polar surface area (TPSA) is 64.4 Å². The predicted molar refractivity (Wildman–Crippen MR) is 48.9 cm³/mol. The molecule has 0 bridgehead atoms. The molecular formula is C8H15N3. The van der Waals surface area contributed by atoms with Gasteiger partial charge in [0.25, 0.3) is 0 Å². The van der Waals surface area contributed by atoms with Crippen molar-refractivity contribution in [1.82, 2.24) is 0 Å². The zero-order chi connectivity index (χ0) is 8.85. The first-order valence-electron chi connectivity index (χ1n) is 3.48. The lowest BCUT2D eigenvalue weighted by Gasteiger charge is -2.01. The van der Waals surface area contributed by atoms with Crippen molar-refractivity contribution in [2.75, 3.05) is 0 Å². The van der Waals surface area contributed by atoms with Crippen LogP contribution in [-0.4, -0.2) is 6.21 Å².